The van der Waals surface area contributed by atoms with E-state index in [0.29, 0.717) is 0 Å². The summed E-state index contributed by atoms with van der Waals surface area (Å²) in [4.78, 5) is 2.63. The van der Waals surface area contributed by atoms with Gasteiger partial charge in [-0.2, -0.15) is 0 Å². The van der Waals surface area contributed by atoms with Crippen LogP contribution >= 0.6 is 0 Å². The van der Waals surface area contributed by atoms with Gasteiger partial charge in [0, 0.05) is 18.6 Å². The summed E-state index contributed by atoms with van der Waals surface area (Å²) in [5, 5.41) is 3.35. The Balaban J connectivity index is 1.94. The molecule has 2 fully saturated rings. The molecule has 2 nitrogen and oxygen atoms in total. The van der Waals surface area contributed by atoms with Crippen molar-refractivity contribution in [2.75, 3.05) is 20.1 Å². The Morgan fingerprint density at radius 2 is 2.40 bits per heavy atom. The Labute approximate surface area is 62.6 Å². The van der Waals surface area contributed by atoms with Gasteiger partial charge in [-0.25, -0.2) is 0 Å². The van der Waals surface area contributed by atoms with Crippen LogP contribution < -0.4 is 5.32 Å². The second-order valence-electron chi connectivity index (χ2n) is 3.51. The minimum Gasteiger partial charge on any atom is -0.316 e. The highest BCUT2D eigenvalue weighted by molar-refractivity contribution is 4.92. The molecule has 2 rings (SSSR count). The van der Waals surface area contributed by atoms with Gasteiger partial charge < -0.3 is 5.32 Å². The quantitative estimate of drug-likeness (QED) is 0.568. The molecule has 0 aliphatic carbocycles. The predicted octanol–water partition coefficient (Wildman–Crippen LogP) is 0.443. The van der Waals surface area contributed by atoms with E-state index in [2.05, 4.69) is 17.3 Å². The van der Waals surface area contributed by atoms with E-state index in [1.165, 1.54) is 32.4 Å². The molecule has 2 aliphatic heterocycles. The van der Waals surface area contributed by atoms with Gasteiger partial charge in [0.25, 0.3) is 0 Å². The molecule has 0 aromatic rings. The third kappa shape index (κ3) is 0.956. The zero-order valence-corrected chi connectivity index (χ0v) is 6.64. The van der Waals surface area contributed by atoms with Crippen LogP contribution in [0.2, 0.25) is 0 Å². The van der Waals surface area contributed by atoms with Crippen LogP contribution in [0.1, 0.15) is 19.3 Å². The summed E-state index contributed by atoms with van der Waals surface area (Å²) in [5.41, 5.74) is 0. The van der Waals surface area contributed by atoms with Gasteiger partial charge in [0.05, 0.1) is 0 Å². The van der Waals surface area contributed by atoms with E-state index in [9.17, 15) is 0 Å². The maximum atomic E-state index is 3.35. The van der Waals surface area contributed by atoms with Crippen LogP contribution in [0.4, 0.5) is 0 Å². The Bertz CT molecular complexity index is 112. The van der Waals surface area contributed by atoms with Crippen LogP contribution in [0.3, 0.4) is 0 Å². The van der Waals surface area contributed by atoms with Crippen molar-refractivity contribution in [3.63, 3.8) is 0 Å². The highest BCUT2D eigenvalue weighted by atomic mass is 15.2. The molecular weight excluding hydrogens is 124 g/mol. The van der Waals surface area contributed by atoms with Crippen LogP contribution in [-0.4, -0.2) is 37.1 Å². The van der Waals surface area contributed by atoms with E-state index in [-0.39, 0.29) is 0 Å². The van der Waals surface area contributed by atoms with Gasteiger partial charge >= 0.3 is 0 Å². The van der Waals surface area contributed by atoms with Crippen molar-refractivity contribution in [2.45, 2.75) is 31.3 Å². The molecule has 58 valence electrons. The fourth-order valence-electron chi connectivity index (χ4n) is 2.30. The maximum Gasteiger partial charge on any atom is 0.0207 e. The fourth-order valence-corrected chi connectivity index (χ4v) is 2.30. The normalized spacial score (nSPS) is 40.5. The molecule has 1 N–H and O–H groups in total. The Morgan fingerprint density at radius 1 is 1.50 bits per heavy atom. The monoisotopic (exact) mass is 140 g/mol. The zero-order valence-electron chi connectivity index (χ0n) is 6.64. The second kappa shape index (κ2) is 2.51. The van der Waals surface area contributed by atoms with Crippen molar-refractivity contribution in [2.24, 2.45) is 0 Å². The summed E-state index contributed by atoms with van der Waals surface area (Å²) in [6, 6.07) is 1.71. The molecule has 2 unspecified atom stereocenters. The number of nitrogens with zero attached hydrogens (tertiary/aromatic N) is 1. The second-order valence-corrected chi connectivity index (χ2v) is 3.51. The van der Waals surface area contributed by atoms with Crippen LogP contribution in [0, 0.1) is 0 Å². The fraction of sp³-hybridized carbons (Fsp3) is 1.00. The van der Waals surface area contributed by atoms with Crippen LogP contribution in [-0.2, 0) is 0 Å². The van der Waals surface area contributed by atoms with Gasteiger partial charge in [0.2, 0.25) is 0 Å². The van der Waals surface area contributed by atoms with Gasteiger partial charge in [0.15, 0.2) is 0 Å². The van der Waals surface area contributed by atoms with E-state index in [1.54, 1.807) is 0 Å². The third-order valence-electron chi connectivity index (χ3n) is 2.92. The minimum atomic E-state index is 0.783. The number of rotatable bonds is 1. The molecule has 2 saturated heterocycles. The average Bonchev–Trinajstić information content (AvgIpc) is 2.42. The first-order valence-corrected chi connectivity index (χ1v) is 4.31. The van der Waals surface area contributed by atoms with Crippen molar-refractivity contribution in [1.29, 1.82) is 0 Å². The van der Waals surface area contributed by atoms with Gasteiger partial charge in [-0.15, -0.1) is 0 Å². The number of hydrogen-bond acceptors (Lipinski definition) is 2. The largest absolute Gasteiger partial charge is 0.316 e. The van der Waals surface area contributed by atoms with Gasteiger partial charge in [0.1, 0.15) is 0 Å². The highest BCUT2D eigenvalue weighted by Gasteiger charge is 2.33. The lowest BCUT2D eigenvalue weighted by molar-refractivity contribution is 0.320. The van der Waals surface area contributed by atoms with Crippen LogP contribution in [0.15, 0.2) is 0 Å². The van der Waals surface area contributed by atoms with Crippen molar-refractivity contribution in [3.05, 3.63) is 0 Å². The molecule has 2 heteroatoms. The zero-order chi connectivity index (χ0) is 6.97. The SMILES string of the molecule is CNC1CC2CCCN2C1. The van der Waals surface area contributed by atoms with Gasteiger partial charge in [-0.05, 0) is 32.9 Å². The van der Waals surface area contributed by atoms with E-state index in [4.69, 9.17) is 0 Å². The van der Waals surface area contributed by atoms with Crippen LogP contribution in [0.5, 0.6) is 0 Å². The number of nitrogens with one attached hydrogen (secondary N) is 1. The summed E-state index contributed by atoms with van der Waals surface area (Å²) in [5.74, 6) is 0. The van der Waals surface area contributed by atoms with E-state index >= 15 is 0 Å². The molecule has 0 aromatic heterocycles. The van der Waals surface area contributed by atoms with Crippen molar-refractivity contribution in [3.8, 4) is 0 Å². The molecule has 2 aliphatic rings. The molecule has 10 heavy (non-hydrogen) atoms. The Hall–Kier alpha value is -0.0800. The summed E-state index contributed by atoms with van der Waals surface area (Å²) >= 11 is 0. The maximum absolute atomic E-state index is 3.35. The first-order chi connectivity index (χ1) is 4.90. The lowest BCUT2D eigenvalue weighted by Crippen LogP contribution is -2.29. The Morgan fingerprint density at radius 3 is 3.10 bits per heavy atom. The predicted molar refractivity (Wildman–Crippen MR) is 42.1 cm³/mol. The summed E-state index contributed by atoms with van der Waals surface area (Å²) in [7, 11) is 2.08. The molecular formula is C8H16N2. The molecule has 2 heterocycles. The molecule has 0 aromatic carbocycles. The van der Waals surface area contributed by atoms with Crippen molar-refractivity contribution < 1.29 is 0 Å². The average molecular weight is 140 g/mol. The molecule has 0 radical (unpaired) electrons. The van der Waals surface area contributed by atoms with E-state index in [0.717, 1.165) is 12.1 Å². The first kappa shape index (κ1) is 6.62. The standard InChI is InChI=1S/C8H16N2/c1-9-7-5-8-3-2-4-10(8)6-7/h7-9H,2-6H2,1H3. The first-order valence-electron chi connectivity index (χ1n) is 4.31. The lowest BCUT2D eigenvalue weighted by atomic mass is 10.1. The van der Waals surface area contributed by atoms with Gasteiger partial charge in [-0.1, -0.05) is 0 Å². The van der Waals surface area contributed by atoms with Crippen LogP contribution in [0.25, 0.3) is 0 Å². The molecule has 0 spiro atoms. The number of fused-ring (bicyclic) bond motifs is 1. The molecule has 0 bridgehead atoms. The minimum absolute atomic E-state index is 0.783. The van der Waals surface area contributed by atoms with Crippen molar-refractivity contribution >= 4 is 0 Å². The third-order valence-corrected chi connectivity index (χ3v) is 2.92. The molecule has 0 saturated carbocycles. The number of hydrogen-bond donors (Lipinski definition) is 1. The summed E-state index contributed by atoms with van der Waals surface area (Å²) in [6.07, 6.45) is 4.26. The summed E-state index contributed by atoms with van der Waals surface area (Å²) < 4.78 is 0. The topological polar surface area (TPSA) is 15.3 Å². The van der Waals surface area contributed by atoms with E-state index in [1.807, 2.05) is 0 Å². The van der Waals surface area contributed by atoms with Crippen molar-refractivity contribution in [1.82, 2.24) is 10.2 Å². The van der Waals surface area contributed by atoms with Gasteiger partial charge in [-0.3, -0.25) is 4.90 Å². The Kier molecular flexibility index (Phi) is 1.66. The molecule has 2 atom stereocenters. The molecule has 0 amide bonds. The lowest BCUT2D eigenvalue weighted by Gasteiger charge is -2.12. The van der Waals surface area contributed by atoms with E-state index < -0.39 is 0 Å². The highest BCUT2D eigenvalue weighted by Crippen LogP contribution is 2.27. The smallest absolute Gasteiger partial charge is 0.0207 e. The number of likely N-dealkylation sites (N-methyl/N-ethyl adjacent to an activating group) is 1. The summed E-state index contributed by atoms with van der Waals surface area (Å²) in [6.45, 7) is 2.64.